The second kappa shape index (κ2) is 5.09. The van der Waals surface area contributed by atoms with Crippen molar-refractivity contribution in [2.45, 2.75) is 52.2 Å². The Bertz CT molecular complexity index is 387. The van der Waals surface area contributed by atoms with E-state index >= 15 is 0 Å². The lowest BCUT2D eigenvalue weighted by Crippen LogP contribution is -2.37. The minimum absolute atomic E-state index is 0.0424. The Hall–Kier alpha value is -1.02. The van der Waals surface area contributed by atoms with Crippen LogP contribution < -0.4 is 4.74 Å². The third-order valence-corrected chi connectivity index (χ3v) is 3.85. The minimum atomic E-state index is -0.314. The third kappa shape index (κ3) is 2.81. The van der Waals surface area contributed by atoms with E-state index in [9.17, 15) is 5.11 Å². The van der Waals surface area contributed by atoms with E-state index < -0.39 is 0 Å². The molecule has 1 fully saturated rings. The average Bonchev–Trinajstić information content (AvgIpc) is 2.30. The largest absolute Gasteiger partial charge is 0.487 e. The molecule has 17 heavy (non-hydrogen) atoms. The lowest BCUT2D eigenvalue weighted by Gasteiger charge is -2.32. The molecule has 1 saturated carbocycles. The van der Waals surface area contributed by atoms with Crippen LogP contribution in [-0.4, -0.2) is 17.3 Å². The van der Waals surface area contributed by atoms with Gasteiger partial charge in [-0.15, -0.1) is 0 Å². The fourth-order valence-electron chi connectivity index (χ4n) is 2.45. The van der Waals surface area contributed by atoms with Gasteiger partial charge >= 0.3 is 0 Å². The predicted octanol–water partition coefficient (Wildman–Crippen LogP) is 3.23. The van der Waals surface area contributed by atoms with Gasteiger partial charge in [-0.2, -0.15) is 0 Å². The standard InChI is InChI=1S/C15H22O2/c1-10-7-8-13(16)15(9-10)17-14-6-4-5-11(2)12(14)3/h4-6,10,13,15-16H,7-9H2,1-3H3. The van der Waals surface area contributed by atoms with Crippen LogP contribution in [-0.2, 0) is 0 Å². The van der Waals surface area contributed by atoms with Crippen molar-refractivity contribution in [3.8, 4) is 5.75 Å². The highest BCUT2D eigenvalue weighted by molar-refractivity contribution is 5.38. The predicted molar refractivity (Wildman–Crippen MR) is 69.4 cm³/mol. The van der Waals surface area contributed by atoms with E-state index in [-0.39, 0.29) is 12.2 Å². The lowest BCUT2D eigenvalue weighted by atomic mass is 9.86. The van der Waals surface area contributed by atoms with Crippen molar-refractivity contribution >= 4 is 0 Å². The molecule has 3 unspecified atom stereocenters. The van der Waals surface area contributed by atoms with E-state index in [2.05, 4.69) is 26.8 Å². The van der Waals surface area contributed by atoms with Crippen molar-refractivity contribution in [2.75, 3.05) is 0 Å². The normalized spacial score (nSPS) is 29.1. The summed E-state index contributed by atoms with van der Waals surface area (Å²) >= 11 is 0. The Labute approximate surface area is 104 Å². The van der Waals surface area contributed by atoms with E-state index in [0.29, 0.717) is 5.92 Å². The Kier molecular flexibility index (Phi) is 3.72. The van der Waals surface area contributed by atoms with Crippen LogP contribution in [0.2, 0.25) is 0 Å². The molecule has 1 aromatic carbocycles. The van der Waals surface area contributed by atoms with Crippen molar-refractivity contribution in [3.05, 3.63) is 29.3 Å². The van der Waals surface area contributed by atoms with Gasteiger partial charge in [-0.3, -0.25) is 0 Å². The monoisotopic (exact) mass is 234 g/mol. The number of hydrogen-bond donors (Lipinski definition) is 1. The Morgan fingerprint density at radius 2 is 2.00 bits per heavy atom. The van der Waals surface area contributed by atoms with Gasteiger partial charge < -0.3 is 9.84 Å². The molecule has 1 N–H and O–H groups in total. The number of benzene rings is 1. The fraction of sp³-hybridized carbons (Fsp3) is 0.600. The molecule has 0 spiro atoms. The van der Waals surface area contributed by atoms with Crippen LogP contribution in [0.4, 0.5) is 0 Å². The average molecular weight is 234 g/mol. The second-order valence-corrected chi connectivity index (χ2v) is 5.34. The number of hydrogen-bond acceptors (Lipinski definition) is 2. The van der Waals surface area contributed by atoms with Gasteiger partial charge in [0.05, 0.1) is 6.10 Å². The molecule has 0 bridgehead atoms. The number of aliphatic hydroxyl groups is 1. The number of aryl methyl sites for hydroxylation is 1. The van der Waals surface area contributed by atoms with Crippen LogP contribution in [0.25, 0.3) is 0 Å². The van der Waals surface area contributed by atoms with Crippen molar-refractivity contribution < 1.29 is 9.84 Å². The molecule has 0 heterocycles. The van der Waals surface area contributed by atoms with E-state index in [1.807, 2.05) is 12.1 Å². The molecule has 0 aromatic heterocycles. The van der Waals surface area contributed by atoms with Gasteiger partial charge in [0.2, 0.25) is 0 Å². The van der Waals surface area contributed by atoms with Gasteiger partial charge in [0.1, 0.15) is 11.9 Å². The van der Waals surface area contributed by atoms with E-state index in [0.717, 1.165) is 25.0 Å². The molecule has 1 aliphatic carbocycles. The van der Waals surface area contributed by atoms with Gasteiger partial charge in [-0.25, -0.2) is 0 Å². The van der Waals surface area contributed by atoms with E-state index in [4.69, 9.17) is 4.74 Å². The molecule has 2 nitrogen and oxygen atoms in total. The quantitative estimate of drug-likeness (QED) is 0.851. The molecule has 0 saturated heterocycles. The van der Waals surface area contributed by atoms with Crippen molar-refractivity contribution in [1.82, 2.24) is 0 Å². The summed E-state index contributed by atoms with van der Waals surface area (Å²) in [5.41, 5.74) is 2.42. The van der Waals surface area contributed by atoms with Gasteiger partial charge in [0, 0.05) is 0 Å². The van der Waals surface area contributed by atoms with Gasteiger partial charge in [-0.1, -0.05) is 19.1 Å². The van der Waals surface area contributed by atoms with Gasteiger partial charge in [0.25, 0.3) is 0 Å². The molecule has 0 amide bonds. The zero-order valence-corrected chi connectivity index (χ0v) is 10.9. The maximum absolute atomic E-state index is 9.98. The summed E-state index contributed by atoms with van der Waals surface area (Å²) in [7, 11) is 0. The number of ether oxygens (including phenoxy) is 1. The molecular formula is C15H22O2. The molecule has 3 atom stereocenters. The summed E-state index contributed by atoms with van der Waals surface area (Å²) in [4.78, 5) is 0. The molecule has 2 rings (SSSR count). The van der Waals surface area contributed by atoms with Crippen molar-refractivity contribution in [3.63, 3.8) is 0 Å². The molecule has 1 aromatic rings. The molecule has 1 aliphatic rings. The van der Waals surface area contributed by atoms with Crippen LogP contribution in [0.3, 0.4) is 0 Å². The molecule has 0 aliphatic heterocycles. The first-order valence-electron chi connectivity index (χ1n) is 6.49. The van der Waals surface area contributed by atoms with Crippen molar-refractivity contribution in [1.29, 1.82) is 0 Å². The summed E-state index contributed by atoms with van der Waals surface area (Å²) in [6.45, 7) is 6.39. The van der Waals surface area contributed by atoms with Gasteiger partial charge in [-0.05, 0) is 56.2 Å². The maximum atomic E-state index is 9.98. The SMILES string of the molecule is Cc1cccc(OC2CC(C)CCC2O)c1C. The zero-order chi connectivity index (χ0) is 12.4. The summed E-state index contributed by atoms with van der Waals surface area (Å²) in [6, 6.07) is 6.09. The van der Waals surface area contributed by atoms with Crippen LogP contribution in [0.15, 0.2) is 18.2 Å². The maximum Gasteiger partial charge on any atom is 0.125 e. The first kappa shape index (κ1) is 12.4. The van der Waals surface area contributed by atoms with Crippen LogP contribution >= 0.6 is 0 Å². The first-order valence-corrected chi connectivity index (χ1v) is 6.49. The smallest absolute Gasteiger partial charge is 0.125 e. The highest BCUT2D eigenvalue weighted by Gasteiger charge is 2.28. The first-order chi connectivity index (χ1) is 8.08. The highest BCUT2D eigenvalue weighted by atomic mass is 16.5. The fourth-order valence-corrected chi connectivity index (χ4v) is 2.45. The highest BCUT2D eigenvalue weighted by Crippen LogP contribution is 2.29. The van der Waals surface area contributed by atoms with E-state index in [1.54, 1.807) is 0 Å². The Morgan fingerprint density at radius 1 is 1.24 bits per heavy atom. The summed E-state index contributed by atoms with van der Waals surface area (Å²) in [5.74, 6) is 1.57. The van der Waals surface area contributed by atoms with Crippen LogP contribution in [0.1, 0.15) is 37.3 Å². The summed E-state index contributed by atoms with van der Waals surface area (Å²) in [5, 5.41) is 9.98. The molecule has 94 valence electrons. The van der Waals surface area contributed by atoms with Gasteiger partial charge in [0.15, 0.2) is 0 Å². The topological polar surface area (TPSA) is 29.5 Å². The lowest BCUT2D eigenvalue weighted by molar-refractivity contribution is -0.00791. The Morgan fingerprint density at radius 3 is 2.76 bits per heavy atom. The van der Waals surface area contributed by atoms with E-state index in [1.165, 1.54) is 11.1 Å². The molecule has 2 heteroatoms. The molecular weight excluding hydrogens is 212 g/mol. The summed E-state index contributed by atoms with van der Waals surface area (Å²) < 4.78 is 6.00. The Balaban J connectivity index is 2.11. The third-order valence-electron chi connectivity index (χ3n) is 3.85. The second-order valence-electron chi connectivity index (χ2n) is 5.34. The number of rotatable bonds is 2. The molecule has 0 radical (unpaired) electrons. The summed E-state index contributed by atoms with van der Waals surface area (Å²) in [6.07, 6.45) is 2.56. The number of aliphatic hydroxyl groups excluding tert-OH is 1. The van der Waals surface area contributed by atoms with Crippen LogP contribution in [0, 0.1) is 19.8 Å². The van der Waals surface area contributed by atoms with Crippen LogP contribution in [0.5, 0.6) is 5.75 Å². The zero-order valence-electron chi connectivity index (χ0n) is 10.9. The van der Waals surface area contributed by atoms with Crippen molar-refractivity contribution in [2.24, 2.45) is 5.92 Å². The minimum Gasteiger partial charge on any atom is -0.487 e.